The minimum Gasteiger partial charge on any atom is -0.496 e. The number of para-hydroxylation sites is 1. The third-order valence-corrected chi connectivity index (χ3v) is 6.91. The number of rotatable bonds is 12. The molecule has 1 atom stereocenters. The molecule has 194 valence electrons. The lowest BCUT2D eigenvalue weighted by Crippen LogP contribution is -2.25. The van der Waals surface area contributed by atoms with Crippen molar-refractivity contribution in [3.63, 3.8) is 0 Å². The number of hydrogen-bond acceptors (Lipinski definition) is 5. The molecular formula is C28H36ClN3O4. The summed E-state index contributed by atoms with van der Waals surface area (Å²) in [6.45, 7) is 7.15. The molecule has 7 nitrogen and oxygen atoms in total. The summed E-state index contributed by atoms with van der Waals surface area (Å²) in [4.78, 5) is 17.4. The van der Waals surface area contributed by atoms with Gasteiger partial charge in [-0.05, 0) is 50.3 Å². The molecule has 0 bridgehead atoms. The normalized spacial score (nSPS) is 11.8. The van der Waals surface area contributed by atoms with Crippen LogP contribution < -0.4 is 19.5 Å². The number of halogens is 1. The van der Waals surface area contributed by atoms with E-state index in [9.17, 15) is 4.79 Å². The third kappa shape index (κ3) is 6.52. The van der Waals surface area contributed by atoms with Crippen molar-refractivity contribution < 1.29 is 19.0 Å². The van der Waals surface area contributed by atoms with Crippen LogP contribution in [0.2, 0.25) is 5.02 Å². The fraction of sp³-hybridized carbons (Fsp3) is 0.429. The highest BCUT2D eigenvalue weighted by atomic mass is 35.5. The van der Waals surface area contributed by atoms with Gasteiger partial charge in [-0.1, -0.05) is 42.8 Å². The molecule has 0 fully saturated rings. The zero-order valence-corrected chi connectivity index (χ0v) is 22.7. The first-order valence-electron chi connectivity index (χ1n) is 12.1. The van der Waals surface area contributed by atoms with Gasteiger partial charge < -0.3 is 24.1 Å². The number of nitrogens with zero attached hydrogens (tertiary/aromatic N) is 2. The molecule has 3 rings (SSSR count). The van der Waals surface area contributed by atoms with Gasteiger partial charge in [0.1, 0.15) is 11.6 Å². The van der Waals surface area contributed by atoms with Gasteiger partial charge in [0.05, 0.1) is 45.1 Å². The Labute approximate surface area is 218 Å². The standard InChI is InChI=1S/C28H36ClN3O4/c1-18(15-21-12-13-24(35-5)28(36-6)27(21)29)11-14-26(33)30-16-25-31-19(2)20(3)32(25)17-22-9-7-8-10-23(22)34-4/h7-10,12-13,18H,11,14-17H2,1-6H3,(H,30,33). The number of imidazole rings is 1. The Morgan fingerprint density at radius 3 is 2.44 bits per heavy atom. The highest BCUT2D eigenvalue weighted by molar-refractivity contribution is 6.33. The average molecular weight is 514 g/mol. The Bertz CT molecular complexity index is 1190. The molecule has 0 aliphatic heterocycles. The summed E-state index contributed by atoms with van der Waals surface area (Å²) in [6, 6.07) is 11.8. The number of nitrogens with one attached hydrogen (secondary N) is 1. The Hall–Kier alpha value is -3.19. The number of carbonyl (C=O) groups is 1. The second kappa shape index (κ2) is 12.7. The van der Waals surface area contributed by atoms with E-state index in [0.717, 1.165) is 46.9 Å². The van der Waals surface area contributed by atoms with Crippen molar-refractivity contribution in [1.29, 1.82) is 0 Å². The van der Waals surface area contributed by atoms with Crippen LogP contribution in [0.25, 0.3) is 0 Å². The summed E-state index contributed by atoms with van der Waals surface area (Å²) in [6.07, 6.45) is 1.91. The van der Waals surface area contributed by atoms with Crippen LogP contribution in [0.15, 0.2) is 36.4 Å². The van der Waals surface area contributed by atoms with Gasteiger partial charge in [0.15, 0.2) is 11.5 Å². The maximum atomic E-state index is 12.7. The van der Waals surface area contributed by atoms with Crippen LogP contribution in [0.1, 0.15) is 48.1 Å². The van der Waals surface area contributed by atoms with Crippen molar-refractivity contribution in [2.45, 2.75) is 53.1 Å². The van der Waals surface area contributed by atoms with Gasteiger partial charge in [-0.15, -0.1) is 0 Å². The average Bonchev–Trinajstić information content (AvgIpc) is 3.15. The van der Waals surface area contributed by atoms with Crippen LogP contribution >= 0.6 is 11.6 Å². The molecule has 36 heavy (non-hydrogen) atoms. The number of amides is 1. The van der Waals surface area contributed by atoms with E-state index < -0.39 is 0 Å². The first-order valence-corrected chi connectivity index (χ1v) is 12.5. The van der Waals surface area contributed by atoms with E-state index >= 15 is 0 Å². The van der Waals surface area contributed by atoms with Crippen LogP contribution in [0, 0.1) is 19.8 Å². The molecular weight excluding hydrogens is 478 g/mol. The van der Waals surface area contributed by atoms with Crippen molar-refractivity contribution in [1.82, 2.24) is 14.9 Å². The van der Waals surface area contributed by atoms with E-state index in [2.05, 4.69) is 16.8 Å². The number of methoxy groups -OCH3 is 3. The Kier molecular flexibility index (Phi) is 9.65. The van der Waals surface area contributed by atoms with E-state index in [0.29, 0.717) is 36.0 Å². The lowest BCUT2D eigenvalue weighted by atomic mass is 9.96. The summed E-state index contributed by atoms with van der Waals surface area (Å²) < 4.78 is 18.3. The second-order valence-corrected chi connectivity index (χ2v) is 9.37. The number of ether oxygens (including phenoxy) is 3. The van der Waals surface area contributed by atoms with E-state index in [1.54, 1.807) is 21.3 Å². The second-order valence-electron chi connectivity index (χ2n) is 9.00. The van der Waals surface area contributed by atoms with Crippen molar-refractivity contribution >= 4 is 17.5 Å². The molecule has 0 spiro atoms. The van der Waals surface area contributed by atoms with Gasteiger partial charge in [-0.25, -0.2) is 4.98 Å². The molecule has 1 heterocycles. The third-order valence-electron chi connectivity index (χ3n) is 6.50. The largest absolute Gasteiger partial charge is 0.496 e. The quantitative estimate of drug-likeness (QED) is 0.346. The maximum absolute atomic E-state index is 12.7. The molecule has 1 aromatic heterocycles. The van der Waals surface area contributed by atoms with Crippen LogP contribution in [0.5, 0.6) is 17.2 Å². The summed E-state index contributed by atoms with van der Waals surface area (Å²) in [5.74, 6) is 3.07. The topological polar surface area (TPSA) is 74.6 Å². The smallest absolute Gasteiger partial charge is 0.220 e. The fourth-order valence-corrected chi connectivity index (χ4v) is 4.59. The highest BCUT2D eigenvalue weighted by Gasteiger charge is 2.17. The zero-order valence-electron chi connectivity index (χ0n) is 22.0. The van der Waals surface area contributed by atoms with Crippen molar-refractivity contribution in [3.05, 3.63) is 69.8 Å². The van der Waals surface area contributed by atoms with Gasteiger partial charge >= 0.3 is 0 Å². The van der Waals surface area contributed by atoms with Crippen LogP contribution in [-0.2, 0) is 24.3 Å². The Balaban J connectivity index is 1.57. The van der Waals surface area contributed by atoms with E-state index in [-0.39, 0.29) is 11.8 Å². The molecule has 1 unspecified atom stereocenters. The number of carbonyl (C=O) groups excluding carboxylic acids is 1. The van der Waals surface area contributed by atoms with Gasteiger partial charge in [0.2, 0.25) is 5.91 Å². The zero-order chi connectivity index (χ0) is 26.2. The highest BCUT2D eigenvalue weighted by Crippen LogP contribution is 2.38. The van der Waals surface area contributed by atoms with E-state index in [4.69, 9.17) is 30.8 Å². The Morgan fingerprint density at radius 2 is 1.75 bits per heavy atom. The Morgan fingerprint density at radius 1 is 1.03 bits per heavy atom. The van der Waals surface area contributed by atoms with E-state index in [1.807, 2.05) is 50.2 Å². The summed E-state index contributed by atoms with van der Waals surface area (Å²) in [5, 5.41) is 3.60. The summed E-state index contributed by atoms with van der Waals surface area (Å²) in [5.41, 5.74) is 4.07. The van der Waals surface area contributed by atoms with E-state index in [1.165, 1.54) is 0 Å². The fourth-order valence-electron chi connectivity index (χ4n) is 4.28. The van der Waals surface area contributed by atoms with Crippen molar-refractivity contribution in [2.75, 3.05) is 21.3 Å². The molecule has 1 amide bonds. The first-order chi connectivity index (χ1) is 17.3. The molecule has 1 N–H and O–H groups in total. The number of aryl methyl sites for hydroxylation is 1. The lowest BCUT2D eigenvalue weighted by molar-refractivity contribution is -0.121. The molecule has 0 aliphatic rings. The van der Waals surface area contributed by atoms with Gasteiger partial charge in [-0.2, -0.15) is 0 Å². The van der Waals surface area contributed by atoms with Gasteiger partial charge in [0, 0.05) is 17.7 Å². The van der Waals surface area contributed by atoms with Crippen LogP contribution in [-0.4, -0.2) is 36.8 Å². The molecule has 0 saturated heterocycles. The SMILES string of the molecule is COc1ccccc1Cn1c(CNC(=O)CCC(C)Cc2ccc(OC)c(OC)c2Cl)nc(C)c1C. The molecule has 0 aliphatic carbocycles. The molecule has 8 heteroatoms. The number of benzene rings is 2. The minimum atomic E-state index is 0.00223. The predicted octanol–water partition coefficient (Wildman–Crippen LogP) is 5.50. The molecule has 2 aromatic carbocycles. The summed E-state index contributed by atoms with van der Waals surface area (Å²) >= 11 is 6.52. The van der Waals surface area contributed by atoms with Gasteiger partial charge in [0.25, 0.3) is 0 Å². The predicted molar refractivity (Wildman–Crippen MR) is 142 cm³/mol. The number of hydrogen-bond donors (Lipinski definition) is 1. The number of aromatic nitrogens is 2. The van der Waals surface area contributed by atoms with Crippen LogP contribution in [0.4, 0.5) is 0 Å². The monoisotopic (exact) mass is 513 g/mol. The van der Waals surface area contributed by atoms with Crippen LogP contribution in [0.3, 0.4) is 0 Å². The maximum Gasteiger partial charge on any atom is 0.220 e. The lowest BCUT2D eigenvalue weighted by Gasteiger charge is -2.16. The molecule has 0 radical (unpaired) electrons. The summed E-state index contributed by atoms with van der Waals surface area (Å²) in [7, 11) is 4.83. The molecule has 0 saturated carbocycles. The minimum absolute atomic E-state index is 0.00223. The first kappa shape index (κ1) is 27.4. The van der Waals surface area contributed by atoms with Crippen molar-refractivity contribution in [3.8, 4) is 17.2 Å². The molecule has 3 aromatic rings. The van der Waals surface area contributed by atoms with Gasteiger partial charge in [-0.3, -0.25) is 4.79 Å². The van der Waals surface area contributed by atoms with Crippen molar-refractivity contribution in [2.24, 2.45) is 5.92 Å².